The van der Waals surface area contributed by atoms with Gasteiger partial charge < -0.3 is 15.4 Å². The third-order valence-electron chi connectivity index (χ3n) is 3.86. The first kappa shape index (κ1) is 14.9. The van der Waals surface area contributed by atoms with Crippen LogP contribution in [0.25, 0.3) is 0 Å². The lowest BCUT2D eigenvalue weighted by molar-refractivity contribution is -0.132. The number of nitrogens with two attached hydrogens (primary N) is 1. The van der Waals surface area contributed by atoms with Crippen molar-refractivity contribution in [2.24, 2.45) is 11.7 Å². The molecule has 4 nitrogen and oxygen atoms in total. The van der Waals surface area contributed by atoms with E-state index in [-0.39, 0.29) is 12.5 Å². The molecule has 1 fully saturated rings. The zero-order valence-electron chi connectivity index (χ0n) is 12.3. The minimum atomic E-state index is 0.0518. The van der Waals surface area contributed by atoms with Crippen LogP contribution in [0, 0.1) is 5.92 Å². The summed E-state index contributed by atoms with van der Waals surface area (Å²) in [5, 5.41) is 0. The molecule has 1 amide bonds. The van der Waals surface area contributed by atoms with E-state index in [1.54, 1.807) is 0 Å². The van der Waals surface area contributed by atoms with Gasteiger partial charge in [0.1, 0.15) is 5.75 Å². The monoisotopic (exact) mass is 276 g/mol. The summed E-state index contributed by atoms with van der Waals surface area (Å²) in [6, 6.07) is 7.94. The maximum atomic E-state index is 12.1. The molecule has 0 spiro atoms. The van der Waals surface area contributed by atoms with Gasteiger partial charge in [-0.3, -0.25) is 4.79 Å². The molecule has 20 heavy (non-hydrogen) atoms. The van der Waals surface area contributed by atoms with E-state index in [1.165, 1.54) is 5.56 Å². The maximum Gasteiger partial charge on any atom is 0.260 e. The summed E-state index contributed by atoms with van der Waals surface area (Å²) in [6.07, 6.45) is 1.01. The van der Waals surface area contributed by atoms with Crippen molar-refractivity contribution in [2.75, 3.05) is 26.2 Å². The molecule has 1 aromatic carbocycles. The molecule has 0 saturated carbocycles. The highest BCUT2D eigenvalue weighted by Crippen LogP contribution is 2.20. The molecule has 0 radical (unpaired) electrons. The fraction of sp³-hybridized carbons (Fsp3) is 0.562. The van der Waals surface area contributed by atoms with E-state index in [0.717, 1.165) is 25.3 Å². The number of hydrogen-bond donors (Lipinski definition) is 1. The van der Waals surface area contributed by atoms with Gasteiger partial charge >= 0.3 is 0 Å². The molecule has 0 aromatic heterocycles. The molecular weight excluding hydrogens is 252 g/mol. The Kier molecular flexibility index (Phi) is 5.01. The lowest BCUT2D eigenvalue weighted by Crippen LogP contribution is -2.33. The summed E-state index contributed by atoms with van der Waals surface area (Å²) < 4.78 is 5.62. The minimum absolute atomic E-state index is 0.0518. The molecule has 1 heterocycles. The standard InChI is InChI=1S/C16H24N2O2/c1-12(2)14-4-3-5-15(8-14)20-11-16(19)18-7-6-13(9-17)10-18/h3-5,8,12-13H,6-7,9-11,17H2,1-2H3. The van der Waals surface area contributed by atoms with Crippen LogP contribution in [0.15, 0.2) is 24.3 Å². The van der Waals surface area contributed by atoms with Gasteiger partial charge in [0.2, 0.25) is 0 Å². The zero-order valence-corrected chi connectivity index (χ0v) is 12.3. The van der Waals surface area contributed by atoms with Gasteiger partial charge in [0.05, 0.1) is 0 Å². The Hall–Kier alpha value is -1.55. The number of likely N-dealkylation sites (tertiary alicyclic amines) is 1. The van der Waals surface area contributed by atoms with Crippen molar-refractivity contribution >= 4 is 5.91 Å². The highest BCUT2D eigenvalue weighted by molar-refractivity contribution is 5.78. The summed E-state index contributed by atoms with van der Waals surface area (Å²) in [5.74, 6) is 1.72. The summed E-state index contributed by atoms with van der Waals surface area (Å²) in [5.41, 5.74) is 6.86. The number of rotatable bonds is 5. The number of hydrogen-bond acceptors (Lipinski definition) is 3. The van der Waals surface area contributed by atoms with Crippen LogP contribution in [-0.4, -0.2) is 37.0 Å². The van der Waals surface area contributed by atoms with E-state index in [4.69, 9.17) is 10.5 Å². The van der Waals surface area contributed by atoms with Crippen LogP contribution in [0.1, 0.15) is 31.7 Å². The van der Waals surface area contributed by atoms with Crippen LogP contribution in [0.3, 0.4) is 0 Å². The van der Waals surface area contributed by atoms with E-state index in [1.807, 2.05) is 23.1 Å². The smallest absolute Gasteiger partial charge is 0.260 e. The first-order chi connectivity index (χ1) is 9.60. The molecule has 2 rings (SSSR count). The Labute approximate surface area is 120 Å². The van der Waals surface area contributed by atoms with Crippen LogP contribution in [0.2, 0.25) is 0 Å². The topological polar surface area (TPSA) is 55.6 Å². The van der Waals surface area contributed by atoms with E-state index >= 15 is 0 Å². The van der Waals surface area contributed by atoms with Gasteiger partial charge in [0.15, 0.2) is 6.61 Å². The molecule has 0 bridgehead atoms. The molecular formula is C16H24N2O2. The predicted molar refractivity (Wildman–Crippen MR) is 79.8 cm³/mol. The van der Waals surface area contributed by atoms with Crippen LogP contribution >= 0.6 is 0 Å². The van der Waals surface area contributed by atoms with Crippen molar-refractivity contribution < 1.29 is 9.53 Å². The van der Waals surface area contributed by atoms with Gasteiger partial charge in [-0.15, -0.1) is 0 Å². The molecule has 2 N–H and O–H groups in total. The SMILES string of the molecule is CC(C)c1cccc(OCC(=O)N2CCC(CN)C2)c1. The lowest BCUT2D eigenvalue weighted by atomic mass is 10.0. The van der Waals surface area contributed by atoms with E-state index in [2.05, 4.69) is 19.9 Å². The third-order valence-corrected chi connectivity index (χ3v) is 3.86. The van der Waals surface area contributed by atoms with E-state index in [9.17, 15) is 4.79 Å². The third kappa shape index (κ3) is 3.73. The predicted octanol–water partition coefficient (Wildman–Crippen LogP) is 2.00. The van der Waals surface area contributed by atoms with Gasteiger partial charge in [-0.05, 0) is 42.5 Å². The Morgan fingerprint density at radius 1 is 1.50 bits per heavy atom. The summed E-state index contributed by atoms with van der Waals surface area (Å²) in [6.45, 7) is 6.61. The van der Waals surface area contributed by atoms with Crippen LogP contribution in [0.5, 0.6) is 5.75 Å². The number of carbonyl (C=O) groups is 1. The quantitative estimate of drug-likeness (QED) is 0.895. The fourth-order valence-electron chi connectivity index (χ4n) is 2.45. The van der Waals surface area contributed by atoms with Crippen LogP contribution in [-0.2, 0) is 4.79 Å². The highest BCUT2D eigenvalue weighted by Gasteiger charge is 2.25. The van der Waals surface area contributed by atoms with Crippen molar-refractivity contribution in [3.8, 4) is 5.75 Å². The molecule has 1 atom stereocenters. The molecule has 1 saturated heterocycles. The van der Waals surface area contributed by atoms with Crippen molar-refractivity contribution in [1.82, 2.24) is 4.90 Å². The summed E-state index contributed by atoms with van der Waals surface area (Å²) >= 11 is 0. The normalized spacial score (nSPS) is 18.6. The van der Waals surface area contributed by atoms with E-state index < -0.39 is 0 Å². The number of nitrogens with zero attached hydrogens (tertiary/aromatic N) is 1. The van der Waals surface area contributed by atoms with Gasteiger partial charge in [-0.25, -0.2) is 0 Å². The lowest BCUT2D eigenvalue weighted by Gasteiger charge is -2.17. The molecule has 0 aliphatic carbocycles. The number of ether oxygens (including phenoxy) is 1. The summed E-state index contributed by atoms with van der Waals surface area (Å²) in [7, 11) is 0. The molecule has 1 aliphatic rings. The van der Waals surface area contributed by atoms with Crippen molar-refractivity contribution in [1.29, 1.82) is 0 Å². The van der Waals surface area contributed by atoms with Crippen molar-refractivity contribution in [2.45, 2.75) is 26.2 Å². The number of benzene rings is 1. The molecule has 1 aromatic rings. The Bertz CT molecular complexity index is 460. The average Bonchev–Trinajstić information content (AvgIpc) is 2.94. The number of carbonyl (C=O) groups excluding carboxylic acids is 1. The van der Waals surface area contributed by atoms with Crippen LogP contribution < -0.4 is 10.5 Å². The number of amides is 1. The highest BCUT2D eigenvalue weighted by atomic mass is 16.5. The Morgan fingerprint density at radius 2 is 2.30 bits per heavy atom. The first-order valence-corrected chi connectivity index (χ1v) is 7.30. The molecule has 4 heteroatoms. The minimum Gasteiger partial charge on any atom is -0.484 e. The van der Waals surface area contributed by atoms with Crippen molar-refractivity contribution in [3.05, 3.63) is 29.8 Å². The second-order valence-electron chi connectivity index (χ2n) is 5.75. The van der Waals surface area contributed by atoms with Crippen molar-refractivity contribution in [3.63, 3.8) is 0 Å². The molecule has 1 unspecified atom stereocenters. The van der Waals surface area contributed by atoms with Gasteiger partial charge in [0.25, 0.3) is 5.91 Å². The average molecular weight is 276 g/mol. The second kappa shape index (κ2) is 6.75. The summed E-state index contributed by atoms with van der Waals surface area (Å²) in [4.78, 5) is 13.9. The Morgan fingerprint density at radius 3 is 2.95 bits per heavy atom. The fourth-order valence-corrected chi connectivity index (χ4v) is 2.45. The second-order valence-corrected chi connectivity index (χ2v) is 5.75. The first-order valence-electron chi connectivity index (χ1n) is 7.30. The zero-order chi connectivity index (χ0) is 14.5. The van der Waals surface area contributed by atoms with Gasteiger partial charge in [-0.1, -0.05) is 26.0 Å². The molecule has 110 valence electrons. The van der Waals surface area contributed by atoms with Gasteiger partial charge in [-0.2, -0.15) is 0 Å². The van der Waals surface area contributed by atoms with Crippen LogP contribution in [0.4, 0.5) is 0 Å². The van der Waals surface area contributed by atoms with Gasteiger partial charge in [0, 0.05) is 13.1 Å². The Balaban J connectivity index is 1.86. The molecule has 1 aliphatic heterocycles. The maximum absolute atomic E-state index is 12.1. The van der Waals surface area contributed by atoms with E-state index in [0.29, 0.717) is 18.4 Å². The largest absolute Gasteiger partial charge is 0.484 e.